The van der Waals surface area contributed by atoms with Crippen molar-refractivity contribution in [3.63, 3.8) is 0 Å². The van der Waals surface area contributed by atoms with Crippen LogP contribution in [0.1, 0.15) is 36.1 Å². The van der Waals surface area contributed by atoms with E-state index in [9.17, 15) is 13.2 Å². The summed E-state index contributed by atoms with van der Waals surface area (Å²) in [5.41, 5.74) is 0.251. The molecule has 1 N–H and O–H groups in total. The van der Waals surface area contributed by atoms with Crippen LogP contribution in [0, 0.1) is 0 Å². The molecule has 0 aliphatic heterocycles. The SMILES string of the molecule is CCc1nnc(NC(=O)c2cccc(S(=O)(=O)N(C)C(C)C)c2)s1. The largest absolute Gasteiger partial charge is 0.296 e. The summed E-state index contributed by atoms with van der Waals surface area (Å²) in [5.74, 6) is -0.418. The number of benzene rings is 1. The first-order chi connectivity index (χ1) is 11.3. The fraction of sp³-hybridized carbons (Fsp3) is 0.400. The lowest BCUT2D eigenvalue weighted by atomic mass is 10.2. The minimum Gasteiger partial charge on any atom is -0.296 e. The molecular formula is C15H20N4O3S2. The second-order valence-corrected chi connectivity index (χ2v) is 8.51. The Morgan fingerprint density at radius 1 is 1.33 bits per heavy atom. The van der Waals surface area contributed by atoms with Gasteiger partial charge in [-0.05, 0) is 38.5 Å². The standard InChI is InChI=1S/C15H20N4O3S2/c1-5-13-17-18-15(23-13)16-14(20)11-7-6-8-12(9-11)24(21,22)19(4)10(2)3/h6-10H,5H2,1-4H3,(H,16,18,20). The van der Waals surface area contributed by atoms with Crippen molar-refractivity contribution in [2.45, 2.75) is 38.1 Å². The summed E-state index contributed by atoms with van der Waals surface area (Å²) in [6.07, 6.45) is 0.739. The average molecular weight is 368 g/mol. The molecule has 0 saturated carbocycles. The molecule has 0 aliphatic carbocycles. The summed E-state index contributed by atoms with van der Waals surface area (Å²) < 4.78 is 26.3. The molecule has 0 radical (unpaired) electrons. The number of nitrogens with one attached hydrogen (secondary N) is 1. The van der Waals surface area contributed by atoms with Gasteiger partial charge in [-0.25, -0.2) is 8.42 Å². The molecule has 1 aromatic heterocycles. The summed E-state index contributed by atoms with van der Waals surface area (Å²) in [6, 6.07) is 5.77. The maximum Gasteiger partial charge on any atom is 0.257 e. The summed E-state index contributed by atoms with van der Waals surface area (Å²) in [4.78, 5) is 12.4. The van der Waals surface area contributed by atoms with Gasteiger partial charge in [-0.3, -0.25) is 10.1 Å². The first kappa shape index (κ1) is 18.5. The molecule has 2 aromatic rings. The Balaban J connectivity index is 2.25. The van der Waals surface area contributed by atoms with Crippen LogP contribution >= 0.6 is 11.3 Å². The topological polar surface area (TPSA) is 92.3 Å². The molecule has 0 atom stereocenters. The van der Waals surface area contributed by atoms with Crippen LogP contribution in [0.25, 0.3) is 0 Å². The highest BCUT2D eigenvalue weighted by Crippen LogP contribution is 2.20. The van der Waals surface area contributed by atoms with E-state index < -0.39 is 15.9 Å². The lowest BCUT2D eigenvalue weighted by Gasteiger charge is -2.21. The van der Waals surface area contributed by atoms with Crippen molar-refractivity contribution in [1.82, 2.24) is 14.5 Å². The summed E-state index contributed by atoms with van der Waals surface area (Å²) in [6.45, 7) is 5.52. The number of sulfonamides is 1. The molecule has 0 saturated heterocycles. The first-order valence-electron chi connectivity index (χ1n) is 7.47. The van der Waals surface area contributed by atoms with Gasteiger partial charge in [-0.15, -0.1) is 10.2 Å². The summed E-state index contributed by atoms with van der Waals surface area (Å²) in [7, 11) is -2.12. The summed E-state index contributed by atoms with van der Waals surface area (Å²) >= 11 is 1.29. The molecule has 0 bridgehead atoms. The molecule has 0 spiro atoms. The number of amides is 1. The highest BCUT2D eigenvalue weighted by Gasteiger charge is 2.24. The highest BCUT2D eigenvalue weighted by molar-refractivity contribution is 7.89. The van der Waals surface area contributed by atoms with Gasteiger partial charge in [0, 0.05) is 18.7 Å². The van der Waals surface area contributed by atoms with Crippen LogP contribution in [0.2, 0.25) is 0 Å². The van der Waals surface area contributed by atoms with Crippen molar-refractivity contribution < 1.29 is 13.2 Å². The van der Waals surface area contributed by atoms with Gasteiger partial charge in [0.1, 0.15) is 5.01 Å². The molecule has 7 nitrogen and oxygen atoms in total. The second kappa shape index (κ2) is 7.37. The molecule has 9 heteroatoms. The third-order valence-electron chi connectivity index (χ3n) is 3.49. The van der Waals surface area contributed by atoms with Crippen LogP contribution in [-0.2, 0) is 16.4 Å². The lowest BCUT2D eigenvalue weighted by molar-refractivity contribution is 0.102. The van der Waals surface area contributed by atoms with E-state index >= 15 is 0 Å². The van der Waals surface area contributed by atoms with Gasteiger partial charge in [-0.1, -0.05) is 24.3 Å². The number of hydrogen-bond acceptors (Lipinski definition) is 6. The van der Waals surface area contributed by atoms with Gasteiger partial charge < -0.3 is 0 Å². The Labute approximate surface area is 145 Å². The molecular weight excluding hydrogens is 348 g/mol. The number of anilines is 1. The van der Waals surface area contributed by atoms with Crippen molar-refractivity contribution >= 4 is 32.4 Å². The Kier molecular flexibility index (Phi) is 5.68. The number of hydrogen-bond donors (Lipinski definition) is 1. The second-order valence-electron chi connectivity index (χ2n) is 5.45. The molecule has 130 valence electrons. The molecule has 1 aromatic carbocycles. The molecule has 0 unspecified atom stereocenters. The molecule has 1 heterocycles. The third-order valence-corrected chi connectivity index (χ3v) is 6.50. The number of carbonyl (C=O) groups is 1. The smallest absolute Gasteiger partial charge is 0.257 e. The van der Waals surface area contributed by atoms with Crippen molar-refractivity contribution in [1.29, 1.82) is 0 Å². The van der Waals surface area contributed by atoms with Crippen molar-refractivity contribution in [2.75, 3.05) is 12.4 Å². The summed E-state index contributed by atoms with van der Waals surface area (Å²) in [5, 5.41) is 11.7. The number of rotatable bonds is 6. The van der Waals surface area contributed by atoms with Gasteiger partial charge in [0.05, 0.1) is 4.90 Å². The van der Waals surface area contributed by atoms with E-state index in [1.165, 1.54) is 34.8 Å². The van der Waals surface area contributed by atoms with Gasteiger partial charge in [0.2, 0.25) is 15.2 Å². The molecule has 24 heavy (non-hydrogen) atoms. The van der Waals surface area contributed by atoms with Crippen molar-refractivity contribution in [3.8, 4) is 0 Å². The molecule has 1 amide bonds. The number of carbonyl (C=O) groups excluding carboxylic acids is 1. The molecule has 2 rings (SSSR count). The van der Waals surface area contributed by atoms with Crippen LogP contribution in [-0.4, -0.2) is 41.9 Å². The number of aromatic nitrogens is 2. The molecule has 0 fully saturated rings. The maximum absolute atomic E-state index is 12.5. The predicted octanol–water partition coefficient (Wildman–Crippen LogP) is 2.38. The van der Waals surface area contributed by atoms with Crippen LogP contribution < -0.4 is 5.32 Å². The van der Waals surface area contributed by atoms with Gasteiger partial charge >= 0.3 is 0 Å². The van der Waals surface area contributed by atoms with E-state index in [1.807, 2.05) is 6.92 Å². The van der Waals surface area contributed by atoms with E-state index in [4.69, 9.17) is 0 Å². The zero-order chi connectivity index (χ0) is 17.9. The Hall–Kier alpha value is -1.84. The van der Waals surface area contributed by atoms with Gasteiger partial charge in [0.15, 0.2) is 0 Å². The number of aryl methyl sites for hydroxylation is 1. The van der Waals surface area contributed by atoms with Crippen molar-refractivity contribution in [3.05, 3.63) is 34.8 Å². The van der Waals surface area contributed by atoms with E-state index in [2.05, 4.69) is 15.5 Å². The highest BCUT2D eigenvalue weighted by atomic mass is 32.2. The van der Waals surface area contributed by atoms with Crippen LogP contribution in [0.5, 0.6) is 0 Å². The van der Waals surface area contributed by atoms with Crippen LogP contribution in [0.15, 0.2) is 29.2 Å². The lowest BCUT2D eigenvalue weighted by Crippen LogP contribution is -2.33. The third kappa shape index (κ3) is 3.97. The van der Waals surface area contributed by atoms with E-state index in [0.717, 1.165) is 11.4 Å². The fourth-order valence-corrected chi connectivity index (χ4v) is 3.95. The van der Waals surface area contributed by atoms with Gasteiger partial charge in [0.25, 0.3) is 5.91 Å². The normalized spacial score (nSPS) is 11.9. The Morgan fingerprint density at radius 3 is 2.62 bits per heavy atom. The van der Waals surface area contributed by atoms with E-state index in [0.29, 0.717) is 5.13 Å². The Bertz CT molecular complexity index is 831. The zero-order valence-electron chi connectivity index (χ0n) is 14.0. The first-order valence-corrected chi connectivity index (χ1v) is 9.73. The zero-order valence-corrected chi connectivity index (χ0v) is 15.6. The predicted molar refractivity (Wildman–Crippen MR) is 93.8 cm³/mol. The van der Waals surface area contributed by atoms with Gasteiger partial charge in [-0.2, -0.15) is 4.31 Å². The minimum atomic E-state index is -3.64. The fourth-order valence-electron chi connectivity index (χ4n) is 1.86. The average Bonchev–Trinajstić information content (AvgIpc) is 3.01. The molecule has 0 aliphatic rings. The van der Waals surface area contributed by atoms with E-state index in [-0.39, 0.29) is 16.5 Å². The maximum atomic E-state index is 12.5. The minimum absolute atomic E-state index is 0.0814. The van der Waals surface area contributed by atoms with Crippen LogP contribution in [0.3, 0.4) is 0 Å². The Morgan fingerprint density at radius 2 is 2.04 bits per heavy atom. The quantitative estimate of drug-likeness (QED) is 0.845. The number of nitrogens with zero attached hydrogens (tertiary/aromatic N) is 3. The van der Waals surface area contributed by atoms with Crippen molar-refractivity contribution in [2.24, 2.45) is 0 Å². The van der Waals surface area contributed by atoms with Crippen LogP contribution in [0.4, 0.5) is 5.13 Å². The van der Waals surface area contributed by atoms with E-state index in [1.54, 1.807) is 26.0 Å². The monoisotopic (exact) mass is 368 g/mol.